The average molecular weight is 141 g/mol. The third-order valence-corrected chi connectivity index (χ3v) is 0.892. The molecule has 56 valence electrons. The van der Waals surface area contributed by atoms with E-state index in [1.165, 1.54) is 13.0 Å². The van der Waals surface area contributed by atoms with Crippen LogP contribution in [0.2, 0.25) is 0 Å². The van der Waals surface area contributed by atoms with Gasteiger partial charge in [-0.1, -0.05) is 13.2 Å². The second-order valence-electron chi connectivity index (χ2n) is 2.01. The van der Waals surface area contributed by atoms with E-state index in [2.05, 4.69) is 17.9 Å². The van der Waals surface area contributed by atoms with Gasteiger partial charge in [0.25, 0.3) is 0 Å². The lowest BCUT2D eigenvalue weighted by Gasteiger charge is -2.18. The Balaban J connectivity index is 4.00. The Morgan fingerprint density at radius 1 is 1.70 bits per heavy atom. The van der Waals surface area contributed by atoms with E-state index >= 15 is 0 Å². The highest BCUT2D eigenvalue weighted by Crippen LogP contribution is 2.02. The van der Waals surface area contributed by atoms with Gasteiger partial charge in [-0.3, -0.25) is 5.73 Å². The summed E-state index contributed by atoms with van der Waals surface area (Å²) in [5.74, 6) is -0.551. The number of nitrogens with two attached hydrogens (primary N) is 1. The number of hydrogen-bond donors (Lipinski definition) is 1. The molecule has 0 bridgehead atoms. The lowest BCUT2D eigenvalue weighted by atomic mass is 10.3. The second kappa shape index (κ2) is 3.17. The van der Waals surface area contributed by atoms with Gasteiger partial charge >= 0.3 is 5.97 Å². The van der Waals surface area contributed by atoms with Gasteiger partial charge < -0.3 is 4.74 Å². The summed E-state index contributed by atoms with van der Waals surface area (Å²) in [6.45, 7) is 8.13. The maximum Gasteiger partial charge on any atom is 0.332 e. The van der Waals surface area contributed by atoms with Crippen molar-refractivity contribution in [2.24, 2.45) is 5.73 Å². The van der Waals surface area contributed by atoms with Crippen LogP contribution in [-0.4, -0.2) is 11.7 Å². The number of carbonyl (C=O) groups excluding carboxylic acids is 1. The van der Waals surface area contributed by atoms with Gasteiger partial charge in [0, 0.05) is 6.08 Å². The zero-order valence-electron chi connectivity index (χ0n) is 5.96. The summed E-state index contributed by atoms with van der Waals surface area (Å²) in [6, 6.07) is 0. The third kappa shape index (κ3) is 3.04. The number of esters is 1. The van der Waals surface area contributed by atoms with Crippen LogP contribution < -0.4 is 5.73 Å². The molecule has 0 aromatic rings. The highest BCUT2D eigenvalue weighted by molar-refractivity contribution is 5.81. The molecule has 3 heteroatoms. The van der Waals surface area contributed by atoms with Gasteiger partial charge in [-0.15, -0.1) is 0 Å². The first-order chi connectivity index (χ1) is 4.52. The molecule has 2 N–H and O–H groups in total. The largest absolute Gasteiger partial charge is 0.438 e. The Hall–Kier alpha value is -1.09. The number of ether oxygens (including phenoxy) is 1. The first kappa shape index (κ1) is 8.91. The van der Waals surface area contributed by atoms with Gasteiger partial charge in [0.2, 0.25) is 0 Å². The molecule has 10 heavy (non-hydrogen) atoms. The topological polar surface area (TPSA) is 52.3 Å². The van der Waals surface area contributed by atoms with E-state index in [9.17, 15) is 4.79 Å². The molecule has 0 aliphatic heterocycles. The standard InChI is InChI=1S/C7H11NO2/c1-4-6(9)10-7(3,8)5-2/h4-5H,1-2,8H2,3H3. The fraction of sp³-hybridized carbons (Fsp3) is 0.286. The van der Waals surface area contributed by atoms with Crippen LogP contribution in [0.1, 0.15) is 6.92 Å². The lowest BCUT2D eigenvalue weighted by Crippen LogP contribution is -2.38. The Morgan fingerprint density at radius 2 is 2.20 bits per heavy atom. The molecular weight excluding hydrogens is 130 g/mol. The van der Waals surface area contributed by atoms with Crippen molar-refractivity contribution in [3.05, 3.63) is 25.3 Å². The molecule has 0 saturated heterocycles. The van der Waals surface area contributed by atoms with Gasteiger partial charge in [-0.05, 0) is 13.0 Å². The van der Waals surface area contributed by atoms with E-state index in [1.54, 1.807) is 0 Å². The predicted octanol–water partition coefficient (Wildman–Crippen LogP) is 0.577. The zero-order valence-corrected chi connectivity index (χ0v) is 5.96. The summed E-state index contributed by atoms with van der Waals surface area (Å²) in [6.07, 6.45) is 2.39. The molecule has 0 aromatic carbocycles. The Bertz CT molecular complexity index is 161. The first-order valence-corrected chi connectivity index (χ1v) is 2.79. The third-order valence-electron chi connectivity index (χ3n) is 0.892. The fourth-order valence-corrected chi connectivity index (χ4v) is 0.300. The van der Waals surface area contributed by atoms with Crippen molar-refractivity contribution in [1.29, 1.82) is 0 Å². The van der Waals surface area contributed by atoms with Gasteiger partial charge in [0.15, 0.2) is 5.72 Å². The summed E-state index contributed by atoms with van der Waals surface area (Å²) >= 11 is 0. The summed E-state index contributed by atoms with van der Waals surface area (Å²) < 4.78 is 4.64. The maximum atomic E-state index is 10.5. The molecule has 0 heterocycles. The number of carbonyl (C=O) groups is 1. The Morgan fingerprint density at radius 3 is 2.50 bits per heavy atom. The summed E-state index contributed by atoms with van der Waals surface area (Å²) in [5, 5.41) is 0. The van der Waals surface area contributed by atoms with Crippen LogP contribution in [0.15, 0.2) is 25.3 Å². The molecular formula is C7H11NO2. The summed E-state index contributed by atoms with van der Waals surface area (Å²) in [7, 11) is 0. The highest BCUT2D eigenvalue weighted by atomic mass is 16.6. The molecule has 0 rings (SSSR count). The minimum Gasteiger partial charge on any atom is -0.438 e. The number of rotatable bonds is 3. The molecule has 0 amide bonds. The lowest BCUT2D eigenvalue weighted by molar-refractivity contribution is -0.147. The van der Waals surface area contributed by atoms with Crippen LogP contribution >= 0.6 is 0 Å². The fourth-order valence-electron chi connectivity index (χ4n) is 0.300. The van der Waals surface area contributed by atoms with E-state index in [-0.39, 0.29) is 0 Å². The molecule has 3 nitrogen and oxygen atoms in total. The van der Waals surface area contributed by atoms with Crippen molar-refractivity contribution in [3.63, 3.8) is 0 Å². The van der Waals surface area contributed by atoms with Crippen LogP contribution in [0.3, 0.4) is 0 Å². The van der Waals surface area contributed by atoms with Gasteiger partial charge in [0.1, 0.15) is 0 Å². The average Bonchev–Trinajstić information content (AvgIpc) is 1.87. The SMILES string of the molecule is C=CC(=O)OC(C)(N)C=C. The van der Waals surface area contributed by atoms with Gasteiger partial charge in [-0.25, -0.2) is 4.79 Å². The zero-order chi connectivity index (χ0) is 8.20. The minimum absolute atomic E-state index is 0.551. The van der Waals surface area contributed by atoms with E-state index in [1.807, 2.05) is 0 Å². The van der Waals surface area contributed by atoms with Crippen molar-refractivity contribution in [2.45, 2.75) is 12.6 Å². The van der Waals surface area contributed by atoms with Crippen LogP contribution in [0.5, 0.6) is 0 Å². The molecule has 1 atom stereocenters. The Kier molecular flexibility index (Phi) is 2.83. The van der Waals surface area contributed by atoms with Gasteiger partial charge in [-0.2, -0.15) is 0 Å². The molecule has 0 spiro atoms. The van der Waals surface area contributed by atoms with Crippen LogP contribution in [0.25, 0.3) is 0 Å². The van der Waals surface area contributed by atoms with Crippen molar-refractivity contribution in [3.8, 4) is 0 Å². The Labute approximate surface area is 60.2 Å². The first-order valence-electron chi connectivity index (χ1n) is 2.79. The molecule has 0 saturated carbocycles. The molecule has 1 unspecified atom stereocenters. The van der Waals surface area contributed by atoms with E-state index < -0.39 is 11.7 Å². The maximum absolute atomic E-state index is 10.5. The molecule has 0 aliphatic carbocycles. The van der Waals surface area contributed by atoms with Crippen molar-refractivity contribution >= 4 is 5.97 Å². The molecule has 0 fully saturated rings. The normalized spacial score (nSPS) is 15.0. The monoisotopic (exact) mass is 141 g/mol. The second-order valence-corrected chi connectivity index (χ2v) is 2.01. The van der Waals surface area contributed by atoms with E-state index in [0.29, 0.717) is 0 Å². The summed E-state index contributed by atoms with van der Waals surface area (Å²) in [4.78, 5) is 10.5. The smallest absolute Gasteiger partial charge is 0.332 e. The highest BCUT2D eigenvalue weighted by Gasteiger charge is 2.16. The van der Waals surface area contributed by atoms with E-state index in [0.717, 1.165) is 6.08 Å². The molecule has 0 aliphatic rings. The van der Waals surface area contributed by atoms with E-state index in [4.69, 9.17) is 5.73 Å². The predicted molar refractivity (Wildman–Crippen MR) is 39.1 cm³/mol. The minimum atomic E-state index is -1.09. The van der Waals surface area contributed by atoms with Crippen molar-refractivity contribution in [1.82, 2.24) is 0 Å². The summed E-state index contributed by atoms with van der Waals surface area (Å²) in [5.41, 5.74) is 4.29. The molecule has 0 radical (unpaired) electrons. The van der Waals surface area contributed by atoms with Crippen LogP contribution in [0.4, 0.5) is 0 Å². The van der Waals surface area contributed by atoms with Crippen molar-refractivity contribution in [2.75, 3.05) is 0 Å². The quantitative estimate of drug-likeness (QED) is 0.270. The van der Waals surface area contributed by atoms with Crippen molar-refractivity contribution < 1.29 is 9.53 Å². The van der Waals surface area contributed by atoms with Crippen LogP contribution in [-0.2, 0) is 9.53 Å². The van der Waals surface area contributed by atoms with Crippen LogP contribution in [0, 0.1) is 0 Å². The molecule has 0 aromatic heterocycles. The number of hydrogen-bond acceptors (Lipinski definition) is 3. The van der Waals surface area contributed by atoms with Gasteiger partial charge in [0.05, 0.1) is 0 Å².